The van der Waals surface area contributed by atoms with E-state index < -0.39 is 28.0 Å². The SMILES string of the molecule is Cc1ccc([N+](=O)[O-])cc1N1C(=O)C[C@@H](Sc2ccccc2C(=O)O)C1=O. The predicted octanol–water partition coefficient (Wildman–Crippen LogP) is 3.03. The number of nitrogens with zero attached hydrogens (tertiary/aromatic N) is 2. The third kappa shape index (κ3) is 3.54. The molecule has 0 spiro atoms. The molecule has 138 valence electrons. The van der Waals surface area contributed by atoms with E-state index in [9.17, 15) is 29.6 Å². The second-order valence-corrected chi connectivity index (χ2v) is 7.15. The summed E-state index contributed by atoms with van der Waals surface area (Å²) < 4.78 is 0. The Hall–Kier alpha value is -3.20. The number of amides is 2. The molecule has 1 atom stereocenters. The van der Waals surface area contributed by atoms with Crippen LogP contribution in [0.3, 0.4) is 0 Å². The highest BCUT2D eigenvalue weighted by molar-refractivity contribution is 8.00. The lowest BCUT2D eigenvalue weighted by Gasteiger charge is -2.17. The van der Waals surface area contributed by atoms with Crippen molar-refractivity contribution in [3.05, 3.63) is 63.7 Å². The van der Waals surface area contributed by atoms with Crippen molar-refractivity contribution >= 4 is 40.9 Å². The number of imide groups is 1. The van der Waals surface area contributed by atoms with Crippen molar-refractivity contribution < 1.29 is 24.4 Å². The average molecular weight is 386 g/mol. The highest BCUT2D eigenvalue weighted by Crippen LogP contribution is 2.37. The number of carbonyl (C=O) groups excluding carboxylic acids is 2. The van der Waals surface area contributed by atoms with Gasteiger partial charge >= 0.3 is 5.97 Å². The molecule has 9 heteroatoms. The minimum atomic E-state index is -1.12. The molecule has 1 saturated heterocycles. The van der Waals surface area contributed by atoms with Gasteiger partial charge in [-0.05, 0) is 24.6 Å². The van der Waals surface area contributed by atoms with Crippen LogP contribution in [0.4, 0.5) is 11.4 Å². The van der Waals surface area contributed by atoms with Gasteiger partial charge in [0.05, 0.1) is 21.4 Å². The summed E-state index contributed by atoms with van der Waals surface area (Å²) in [5.41, 5.74) is 0.559. The Morgan fingerprint density at radius 1 is 1.26 bits per heavy atom. The van der Waals surface area contributed by atoms with Gasteiger partial charge in [-0.25, -0.2) is 9.69 Å². The zero-order valence-electron chi connectivity index (χ0n) is 14.1. The fraction of sp³-hybridized carbons (Fsp3) is 0.167. The number of thioether (sulfide) groups is 1. The molecule has 0 aliphatic carbocycles. The molecule has 0 bridgehead atoms. The van der Waals surface area contributed by atoms with Crippen LogP contribution in [0.15, 0.2) is 47.4 Å². The Balaban J connectivity index is 1.92. The van der Waals surface area contributed by atoms with Crippen LogP contribution in [0.5, 0.6) is 0 Å². The Bertz CT molecular complexity index is 974. The van der Waals surface area contributed by atoms with Crippen molar-refractivity contribution in [1.29, 1.82) is 0 Å². The van der Waals surface area contributed by atoms with Crippen molar-refractivity contribution in [3.8, 4) is 0 Å². The van der Waals surface area contributed by atoms with E-state index in [1.807, 2.05) is 0 Å². The molecule has 27 heavy (non-hydrogen) atoms. The summed E-state index contributed by atoms with van der Waals surface area (Å²) >= 11 is 1.01. The number of carbonyl (C=O) groups is 3. The first-order valence-electron chi connectivity index (χ1n) is 7.90. The summed E-state index contributed by atoms with van der Waals surface area (Å²) in [7, 11) is 0. The Morgan fingerprint density at radius 3 is 2.63 bits per heavy atom. The van der Waals surface area contributed by atoms with Crippen molar-refractivity contribution in [1.82, 2.24) is 0 Å². The molecule has 0 radical (unpaired) electrons. The van der Waals surface area contributed by atoms with Gasteiger partial charge in [-0.2, -0.15) is 0 Å². The van der Waals surface area contributed by atoms with Crippen molar-refractivity contribution in [2.45, 2.75) is 23.5 Å². The molecule has 0 aromatic heterocycles. The van der Waals surface area contributed by atoms with Gasteiger partial charge < -0.3 is 5.11 Å². The minimum absolute atomic E-state index is 0.0488. The molecule has 1 heterocycles. The first-order chi connectivity index (χ1) is 12.8. The van der Waals surface area contributed by atoms with Crippen LogP contribution in [-0.2, 0) is 9.59 Å². The minimum Gasteiger partial charge on any atom is -0.478 e. The largest absolute Gasteiger partial charge is 0.478 e. The molecule has 0 saturated carbocycles. The summed E-state index contributed by atoms with van der Waals surface area (Å²) in [4.78, 5) is 48.3. The van der Waals surface area contributed by atoms with Crippen LogP contribution in [0.1, 0.15) is 22.3 Å². The normalized spacial score (nSPS) is 16.6. The molecule has 0 unspecified atom stereocenters. The molecular formula is C18H14N2O6S. The van der Waals surface area contributed by atoms with E-state index in [0.717, 1.165) is 16.7 Å². The number of carboxylic acid groups (broad SMARTS) is 1. The van der Waals surface area contributed by atoms with Gasteiger partial charge in [0.2, 0.25) is 11.8 Å². The maximum Gasteiger partial charge on any atom is 0.336 e. The summed E-state index contributed by atoms with van der Waals surface area (Å²) in [6.07, 6.45) is -0.112. The fourth-order valence-electron chi connectivity index (χ4n) is 2.80. The van der Waals surface area contributed by atoms with Crippen LogP contribution >= 0.6 is 11.8 Å². The van der Waals surface area contributed by atoms with Gasteiger partial charge in [0.1, 0.15) is 0 Å². The molecule has 2 aromatic carbocycles. The lowest BCUT2D eigenvalue weighted by atomic mass is 10.1. The van der Waals surface area contributed by atoms with E-state index >= 15 is 0 Å². The number of anilines is 1. The van der Waals surface area contributed by atoms with E-state index in [1.54, 1.807) is 25.1 Å². The monoisotopic (exact) mass is 386 g/mol. The summed E-state index contributed by atoms with van der Waals surface area (Å²) in [5.74, 6) is -2.12. The topological polar surface area (TPSA) is 118 Å². The van der Waals surface area contributed by atoms with Crippen molar-refractivity contribution in [2.24, 2.45) is 0 Å². The van der Waals surface area contributed by atoms with Gasteiger partial charge in [0.25, 0.3) is 5.69 Å². The number of hydrogen-bond donors (Lipinski definition) is 1. The maximum absolute atomic E-state index is 12.8. The van der Waals surface area contributed by atoms with E-state index in [4.69, 9.17) is 0 Å². The van der Waals surface area contributed by atoms with Crippen molar-refractivity contribution in [2.75, 3.05) is 4.90 Å². The third-order valence-electron chi connectivity index (χ3n) is 4.14. The van der Waals surface area contributed by atoms with Crippen LogP contribution in [-0.4, -0.2) is 33.1 Å². The summed E-state index contributed by atoms with van der Waals surface area (Å²) in [5, 5.41) is 19.5. The number of rotatable bonds is 5. The fourth-order valence-corrected chi connectivity index (χ4v) is 3.98. The van der Waals surface area contributed by atoms with Gasteiger partial charge in [0.15, 0.2) is 0 Å². The number of carboxylic acids is 1. The van der Waals surface area contributed by atoms with E-state index in [2.05, 4.69) is 0 Å². The van der Waals surface area contributed by atoms with Gasteiger partial charge in [-0.1, -0.05) is 18.2 Å². The van der Waals surface area contributed by atoms with Gasteiger partial charge in [-0.3, -0.25) is 19.7 Å². The average Bonchev–Trinajstić information content (AvgIpc) is 2.89. The molecule has 3 rings (SSSR count). The Morgan fingerprint density at radius 2 is 1.96 bits per heavy atom. The number of aryl methyl sites for hydroxylation is 1. The zero-order valence-corrected chi connectivity index (χ0v) is 14.9. The molecule has 1 aliphatic heterocycles. The second kappa shape index (κ2) is 7.20. The Kier molecular flexibility index (Phi) is 4.95. The molecular weight excluding hydrogens is 372 g/mol. The zero-order chi connectivity index (χ0) is 19.7. The van der Waals surface area contributed by atoms with Crippen LogP contribution in [0.2, 0.25) is 0 Å². The molecule has 8 nitrogen and oxygen atoms in total. The van der Waals surface area contributed by atoms with E-state index in [0.29, 0.717) is 10.5 Å². The lowest BCUT2D eigenvalue weighted by molar-refractivity contribution is -0.384. The van der Waals surface area contributed by atoms with Gasteiger partial charge in [-0.15, -0.1) is 11.8 Å². The molecule has 2 aromatic rings. The first-order valence-corrected chi connectivity index (χ1v) is 8.78. The van der Waals surface area contributed by atoms with Crippen LogP contribution in [0, 0.1) is 17.0 Å². The standard InChI is InChI=1S/C18H14N2O6S/c1-10-6-7-11(20(25)26)8-13(10)19-16(21)9-15(17(19)22)27-14-5-3-2-4-12(14)18(23)24/h2-8,15H,9H2,1H3,(H,23,24)/t15-/m1/s1. The number of nitro benzene ring substituents is 1. The summed E-state index contributed by atoms with van der Waals surface area (Å²) in [6, 6.07) is 10.2. The third-order valence-corrected chi connectivity index (χ3v) is 5.40. The van der Waals surface area contributed by atoms with Crippen LogP contribution in [0.25, 0.3) is 0 Å². The number of benzene rings is 2. The number of nitro groups is 1. The van der Waals surface area contributed by atoms with Gasteiger partial charge in [0, 0.05) is 23.4 Å². The lowest BCUT2D eigenvalue weighted by Crippen LogP contribution is -2.31. The number of non-ortho nitro benzene ring substituents is 1. The second-order valence-electron chi connectivity index (χ2n) is 5.91. The van der Waals surface area contributed by atoms with Crippen LogP contribution < -0.4 is 4.90 Å². The maximum atomic E-state index is 12.8. The Labute approximate surface area is 157 Å². The number of aromatic carboxylic acids is 1. The predicted molar refractivity (Wildman–Crippen MR) is 98.0 cm³/mol. The first kappa shape index (κ1) is 18.6. The number of hydrogen-bond acceptors (Lipinski definition) is 6. The smallest absolute Gasteiger partial charge is 0.336 e. The molecule has 2 amide bonds. The molecule has 1 fully saturated rings. The van der Waals surface area contributed by atoms with E-state index in [-0.39, 0.29) is 23.4 Å². The highest BCUT2D eigenvalue weighted by atomic mass is 32.2. The molecule has 1 N–H and O–H groups in total. The highest BCUT2D eigenvalue weighted by Gasteiger charge is 2.41. The quantitative estimate of drug-likeness (QED) is 0.477. The van der Waals surface area contributed by atoms with E-state index in [1.165, 1.54) is 24.3 Å². The molecule has 1 aliphatic rings. The summed E-state index contributed by atoms with van der Waals surface area (Å²) in [6.45, 7) is 1.65. The van der Waals surface area contributed by atoms with Crippen molar-refractivity contribution in [3.63, 3.8) is 0 Å².